The Morgan fingerprint density at radius 3 is 2.56 bits per heavy atom. The van der Waals surface area contributed by atoms with E-state index in [1.807, 2.05) is 6.92 Å². The van der Waals surface area contributed by atoms with Gasteiger partial charge < -0.3 is 5.73 Å². The van der Waals surface area contributed by atoms with Crippen LogP contribution < -0.4 is 5.73 Å². The van der Waals surface area contributed by atoms with E-state index >= 15 is 0 Å². The second kappa shape index (κ2) is 4.73. The van der Waals surface area contributed by atoms with Gasteiger partial charge >= 0.3 is 0 Å². The van der Waals surface area contributed by atoms with Crippen LogP contribution in [-0.2, 0) is 4.89 Å². The molecule has 2 unspecified atom stereocenters. The molecule has 3 nitrogen and oxygen atoms in total. The Morgan fingerprint density at radius 1 is 1.67 bits per heavy atom. The molecule has 3 heteroatoms. The first-order valence-electron chi connectivity index (χ1n) is 3.24. The second-order valence-corrected chi connectivity index (χ2v) is 2.35. The standard InChI is InChI=1S/C6H15NO2/c1-3-5(2)6(7)4-9-8/h5-6,8H,3-4,7H2,1-2H3. The van der Waals surface area contributed by atoms with Crippen LogP contribution in [0.4, 0.5) is 0 Å². The van der Waals surface area contributed by atoms with Crippen molar-refractivity contribution in [2.24, 2.45) is 11.7 Å². The molecular weight excluding hydrogens is 118 g/mol. The molecule has 2 atom stereocenters. The maximum atomic E-state index is 8.00. The van der Waals surface area contributed by atoms with Crippen molar-refractivity contribution in [1.29, 1.82) is 0 Å². The van der Waals surface area contributed by atoms with Crippen LogP contribution in [-0.4, -0.2) is 17.9 Å². The largest absolute Gasteiger partial charge is 0.325 e. The summed E-state index contributed by atoms with van der Waals surface area (Å²) >= 11 is 0. The maximum Gasteiger partial charge on any atom is 0.0973 e. The molecule has 0 saturated carbocycles. The van der Waals surface area contributed by atoms with Gasteiger partial charge in [-0.15, -0.1) is 0 Å². The summed E-state index contributed by atoms with van der Waals surface area (Å²) in [6.45, 7) is 4.32. The molecule has 0 aromatic carbocycles. The SMILES string of the molecule is CCC(C)C(N)COO. The highest BCUT2D eigenvalue weighted by Crippen LogP contribution is 2.04. The fraction of sp³-hybridized carbons (Fsp3) is 1.00. The van der Waals surface area contributed by atoms with Crippen LogP contribution in [0.3, 0.4) is 0 Å². The zero-order valence-corrected chi connectivity index (χ0v) is 6.00. The monoisotopic (exact) mass is 133 g/mol. The minimum atomic E-state index is -0.0417. The maximum absolute atomic E-state index is 8.00. The summed E-state index contributed by atoms with van der Waals surface area (Å²) in [6, 6.07) is -0.0417. The Labute approximate surface area is 55.7 Å². The lowest BCUT2D eigenvalue weighted by Crippen LogP contribution is -2.32. The van der Waals surface area contributed by atoms with Gasteiger partial charge in [-0.3, -0.25) is 5.26 Å². The molecule has 0 aliphatic carbocycles. The molecule has 0 aliphatic heterocycles. The molecule has 0 aromatic rings. The molecule has 0 amide bonds. The third-order valence-corrected chi connectivity index (χ3v) is 1.64. The summed E-state index contributed by atoms with van der Waals surface area (Å²) in [6.07, 6.45) is 1.02. The number of nitrogens with two attached hydrogens (primary N) is 1. The molecule has 0 rings (SSSR count). The molecule has 56 valence electrons. The van der Waals surface area contributed by atoms with Crippen molar-refractivity contribution in [2.45, 2.75) is 26.3 Å². The van der Waals surface area contributed by atoms with E-state index in [9.17, 15) is 0 Å². The molecule has 0 radical (unpaired) electrons. The Morgan fingerprint density at radius 2 is 2.22 bits per heavy atom. The molecule has 0 aromatic heterocycles. The molecule has 0 saturated heterocycles. The quantitative estimate of drug-likeness (QED) is 0.441. The van der Waals surface area contributed by atoms with Crippen LogP contribution >= 0.6 is 0 Å². The predicted molar refractivity (Wildman–Crippen MR) is 36.0 cm³/mol. The van der Waals surface area contributed by atoms with Crippen LogP contribution in [0.5, 0.6) is 0 Å². The fourth-order valence-corrected chi connectivity index (χ4v) is 0.553. The first kappa shape index (κ1) is 8.88. The van der Waals surface area contributed by atoms with Gasteiger partial charge in [0, 0.05) is 6.04 Å². The molecular formula is C6H15NO2. The van der Waals surface area contributed by atoms with E-state index in [2.05, 4.69) is 11.8 Å². The summed E-state index contributed by atoms with van der Waals surface area (Å²) in [5.74, 6) is 0.414. The lowest BCUT2D eigenvalue weighted by atomic mass is 10.0. The third-order valence-electron chi connectivity index (χ3n) is 1.64. The van der Waals surface area contributed by atoms with Crippen molar-refractivity contribution in [2.75, 3.05) is 6.61 Å². The first-order valence-corrected chi connectivity index (χ1v) is 3.24. The Bertz CT molecular complexity index is 68.1. The van der Waals surface area contributed by atoms with Crippen LogP contribution in [0.25, 0.3) is 0 Å². The van der Waals surface area contributed by atoms with Gasteiger partial charge in [0.15, 0.2) is 0 Å². The van der Waals surface area contributed by atoms with Gasteiger partial charge in [0.1, 0.15) is 0 Å². The number of rotatable bonds is 4. The van der Waals surface area contributed by atoms with Crippen molar-refractivity contribution in [1.82, 2.24) is 0 Å². The highest BCUT2D eigenvalue weighted by atomic mass is 17.1. The van der Waals surface area contributed by atoms with Crippen LogP contribution in [0.2, 0.25) is 0 Å². The summed E-state index contributed by atoms with van der Waals surface area (Å²) in [5.41, 5.74) is 5.55. The van der Waals surface area contributed by atoms with Gasteiger partial charge in [-0.25, -0.2) is 4.89 Å². The first-order chi connectivity index (χ1) is 4.22. The minimum absolute atomic E-state index is 0.0417. The molecule has 3 N–H and O–H groups in total. The van der Waals surface area contributed by atoms with E-state index in [1.54, 1.807) is 0 Å². The molecule has 0 spiro atoms. The van der Waals surface area contributed by atoms with Crippen LogP contribution in [0, 0.1) is 5.92 Å². The average molecular weight is 133 g/mol. The highest BCUT2D eigenvalue weighted by Gasteiger charge is 2.09. The molecule has 0 bridgehead atoms. The van der Waals surface area contributed by atoms with Gasteiger partial charge in [0.2, 0.25) is 0 Å². The van der Waals surface area contributed by atoms with Gasteiger partial charge in [-0.2, -0.15) is 0 Å². The average Bonchev–Trinajstić information content (AvgIpc) is 1.87. The lowest BCUT2D eigenvalue weighted by molar-refractivity contribution is -0.247. The Hall–Kier alpha value is -0.120. The van der Waals surface area contributed by atoms with Crippen molar-refractivity contribution >= 4 is 0 Å². The zero-order chi connectivity index (χ0) is 7.28. The Kier molecular flexibility index (Phi) is 4.67. The lowest BCUT2D eigenvalue weighted by Gasteiger charge is -2.15. The summed E-state index contributed by atoms with van der Waals surface area (Å²) in [7, 11) is 0. The topological polar surface area (TPSA) is 55.5 Å². The van der Waals surface area contributed by atoms with E-state index in [-0.39, 0.29) is 12.6 Å². The van der Waals surface area contributed by atoms with Crippen LogP contribution in [0.15, 0.2) is 0 Å². The zero-order valence-electron chi connectivity index (χ0n) is 6.00. The van der Waals surface area contributed by atoms with E-state index in [0.717, 1.165) is 6.42 Å². The van der Waals surface area contributed by atoms with Crippen molar-refractivity contribution < 1.29 is 10.1 Å². The normalized spacial score (nSPS) is 17.3. The number of hydrogen-bond acceptors (Lipinski definition) is 3. The van der Waals surface area contributed by atoms with Crippen molar-refractivity contribution in [3.8, 4) is 0 Å². The molecule has 0 heterocycles. The predicted octanol–water partition coefficient (Wildman–Crippen LogP) is 0.849. The van der Waals surface area contributed by atoms with Gasteiger partial charge in [-0.05, 0) is 5.92 Å². The summed E-state index contributed by atoms with van der Waals surface area (Å²) in [4.78, 5) is 3.90. The molecule has 0 aliphatic rings. The van der Waals surface area contributed by atoms with E-state index < -0.39 is 0 Å². The fourth-order valence-electron chi connectivity index (χ4n) is 0.553. The summed E-state index contributed by atoms with van der Waals surface area (Å²) < 4.78 is 0. The Balaban J connectivity index is 3.32. The van der Waals surface area contributed by atoms with Crippen molar-refractivity contribution in [3.05, 3.63) is 0 Å². The molecule has 0 fully saturated rings. The second-order valence-electron chi connectivity index (χ2n) is 2.35. The van der Waals surface area contributed by atoms with Crippen molar-refractivity contribution in [3.63, 3.8) is 0 Å². The summed E-state index contributed by atoms with van der Waals surface area (Å²) in [5, 5.41) is 8.00. The van der Waals surface area contributed by atoms with Gasteiger partial charge in [0.05, 0.1) is 6.61 Å². The number of hydrogen-bond donors (Lipinski definition) is 2. The highest BCUT2D eigenvalue weighted by molar-refractivity contribution is 4.65. The van der Waals surface area contributed by atoms with Gasteiger partial charge in [-0.1, -0.05) is 20.3 Å². The minimum Gasteiger partial charge on any atom is -0.325 e. The third kappa shape index (κ3) is 3.46. The van der Waals surface area contributed by atoms with Gasteiger partial charge in [0.25, 0.3) is 0 Å². The van der Waals surface area contributed by atoms with E-state index in [4.69, 9.17) is 11.0 Å². The molecule has 9 heavy (non-hydrogen) atoms. The van der Waals surface area contributed by atoms with E-state index in [0.29, 0.717) is 5.92 Å². The van der Waals surface area contributed by atoms with E-state index in [1.165, 1.54) is 0 Å². The smallest absolute Gasteiger partial charge is 0.0973 e. The van der Waals surface area contributed by atoms with Crippen LogP contribution in [0.1, 0.15) is 20.3 Å².